The summed E-state index contributed by atoms with van der Waals surface area (Å²) < 4.78 is 0.965. The summed E-state index contributed by atoms with van der Waals surface area (Å²) in [6.07, 6.45) is 4.64. The number of fused-ring (bicyclic) bond motifs is 2. The summed E-state index contributed by atoms with van der Waals surface area (Å²) >= 11 is 3.49. The molecule has 5 heteroatoms. The first-order valence-electron chi connectivity index (χ1n) is 8.12. The lowest BCUT2D eigenvalue weighted by Gasteiger charge is -2.27. The van der Waals surface area contributed by atoms with Crippen LogP contribution in [-0.2, 0) is 16.1 Å². The molecule has 0 aromatic heterocycles. The number of hydrogen-bond acceptors (Lipinski definition) is 2. The molecule has 0 saturated carbocycles. The van der Waals surface area contributed by atoms with Gasteiger partial charge in [-0.3, -0.25) is 9.59 Å². The van der Waals surface area contributed by atoms with E-state index in [9.17, 15) is 9.59 Å². The number of carbonyl (C=O) groups excluding carboxylic acids is 1. The third-order valence-corrected chi connectivity index (χ3v) is 4.68. The first kappa shape index (κ1) is 17.4. The van der Waals surface area contributed by atoms with Crippen molar-refractivity contribution in [2.45, 2.75) is 25.8 Å². The average Bonchev–Trinajstić information content (AvgIpc) is 2.57. The molecule has 0 unspecified atom stereocenters. The van der Waals surface area contributed by atoms with Gasteiger partial charge in [0.15, 0.2) is 0 Å². The second-order valence-corrected chi connectivity index (χ2v) is 6.88. The molecule has 0 radical (unpaired) electrons. The molecule has 1 N–H and O–H groups in total. The van der Waals surface area contributed by atoms with Gasteiger partial charge in [-0.15, -0.1) is 0 Å². The number of carboxylic acid groups (broad SMARTS) is 1. The van der Waals surface area contributed by atoms with E-state index in [1.165, 1.54) is 0 Å². The average molecular weight is 400 g/mol. The summed E-state index contributed by atoms with van der Waals surface area (Å²) in [4.78, 5) is 25.3. The molecular formula is C20H18BrNO3. The number of halogens is 1. The number of anilines is 1. The predicted octanol–water partition coefficient (Wildman–Crippen LogP) is 4.72. The van der Waals surface area contributed by atoms with Gasteiger partial charge in [0, 0.05) is 17.3 Å². The van der Waals surface area contributed by atoms with E-state index >= 15 is 0 Å². The number of hydrogen-bond donors (Lipinski definition) is 1. The van der Waals surface area contributed by atoms with Gasteiger partial charge in [0.2, 0.25) is 5.91 Å². The van der Waals surface area contributed by atoms with Crippen molar-refractivity contribution in [3.05, 3.63) is 63.6 Å². The molecule has 1 heterocycles. The smallest absolute Gasteiger partial charge is 0.303 e. The van der Waals surface area contributed by atoms with Crippen LogP contribution in [0.5, 0.6) is 0 Å². The van der Waals surface area contributed by atoms with Crippen LogP contribution in [0.1, 0.15) is 36.0 Å². The quantitative estimate of drug-likeness (QED) is 0.808. The highest BCUT2D eigenvalue weighted by molar-refractivity contribution is 9.10. The van der Waals surface area contributed by atoms with Crippen molar-refractivity contribution in [2.24, 2.45) is 0 Å². The molecule has 0 saturated heterocycles. The third kappa shape index (κ3) is 4.17. The van der Waals surface area contributed by atoms with Crippen molar-refractivity contribution in [1.29, 1.82) is 0 Å². The maximum atomic E-state index is 12.8. The van der Waals surface area contributed by atoms with E-state index < -0.39 is 5.97 Å². The highest BCUT2D eigenvalue weighted by atomic mass is 79.9. The molecule has 128 valence electrons. The lowest BCUT2D eigenvalue weighted by Crippen LogP contribution is -2.31. The molecule has 25 heavy (non-hydrogen) atoms. The molecule has 0 fully saturated rings. The van der Waals surface area contributed by atoms with Crippen LogP contribution in [0.25, 0.3) is 12.2 Å². The summed E-state index contributed by atoms with van der Waals surface area (Å²) in [6.45, 7) is 0.460. The van der Waals surface area contributed by atoms with Gasteiger partial charge in [-0.1, -0.05) is 52.3 Å². The standard InChI is InChI=1S/C20H18BrNO3/c21-17-11-10-14-8-9-15-4-1-2-5-18(15)22(13-16(14)12-17)19(23)6-3-7-20(24)25/h1-2,4-5,8-12H,3,6-7,13H2,(H,24,25)/b9-8-. The number of para-hydroxylation sites is 1. The molecule has 4 nitrogen and oxygen atoms in total. The zero-order valence-electron chi connectivity index (χ0n) is 13.6. The molecule has 2 aromatic carbocycles. The van der Waals surface area contributed by atoms with Crippen LogP contribution in [0.3, 0.4) is 0 Å². The Hall–Kier alpha value is -2.40. The summed E-state index contributed by atoms with van der Waals surface area (Å²) in [5.41, 5.74) is 3.94. The Morgan fingerprint density at radius 2 is 1.80 bits per heavy atom. The van der Waals surface area contributed by atoms with E-state index in [1.807, 2.05) is 48.5 Å². The molecule has 2 aromatic rings. The monoisotopic (exact) mass is 399 g/mol. The Labute approximate surface area is 154 Å². The number of amides is 1. The fourth-order valence-electron chi connectivity index (χ4n) is 2.93. The van der Waals surface area contributed by atoms with Gasteiger partial charge in [-0.05, 0) is 41.3 Å². The Balaban J connectivity index is 1.96. The number of rotatable bonds is 4. The Kier molecular flexibility index (Phi) is 5.34. The van der Waals surface area contributed by atoms with Crippen LogP contribution in [0.4, 0.5) is 5.69 Å². The molecule has 1 amide bonds. The van der Waals surface area contributed by atoms with Gasteiger partial charge < -0.3 is 10.0 Å². The van der Waals surface area contributed by atoms with Gasteiger partial charge >= 0.3 is 5.97 Å². The summed E-state index contributed by atoms with van der Waals surface area (Å²) in [5, 5.41) is 8.80. The van der Waals surface area contributed by atoms with Crippen LogP contribution >= 0.6 is 15.9 Å². The first-order chi connectivity index (χ1) is 12.0. The number of benzene rings is 2. The van der Waals surface area contributed by atoms with Gasteiger partial charge in [0.05, 0.1) is 12.2 Å². The van der Waals surface area contributed by atoms with Crippen molar-refractivity contribution in [3.8, 4) is 0 Å². The van der Waals surface area contributed by atoms with Crippen LogP contribution in [0, 0.1) is 0 Å². The second kappa shape index (κ2) is 7.66. The SMILES string of the molecule is O=C(O)CCCC(=O)N1Cc2cc(Br)ccc2/C=C\c2ccccc21. The molecule has 0 spiro atoms. The van der Waals surface area contributed by atoms with Crippen LogP contribution < -0.4 is 4.90 Å². The highest BCUT2D eigenvalue weighted by Gasteiger charge is 2.21. The van der Waals surface area contributed by atoms with Gasteiger partial charge in [-0.2, -0.15) is 0 Å². The first-order valence-corrected chi connectivity index (χ1v) is 8.91. The van der Waals surface area contributed by atoms with Crippen LogP contribution in [0.15, 0.2) is 46.9 Å². The van der Waals surface area contributed by atoms with E-state index in [0.717, 1.165) is 26.9 Å². The molecule has 1 aliphatic rings. The fraction of sp³-hybridized carbons (Fsp3) is 0.200. The van der Waals surface area contributed by atoms with Crippen molar-refractivity contribution in [1.82, 2.24) is 0 Å². The topological polar surface area (TPSA) is 57.6 Å². The summed E-state index contributed by atoms with van der Waals surface area (Å²) in [5.74, 6) is -0.937. The number of aliphatic carboxylic acids is 1. The highest BCUT2D eigenvalue weighted by Crippen LogP contribution is 2.30. The Bertz CT molecular complexity index is 845. The largest absolute Gasteiger partial charge is 0.481 e. The number of nitrogens with zero attached hydrogens (tertiary/aromatic N) is 1. The van der Waals surface area contributed by atoms with E-state index in [-0.39, 0.29) is 18.7 Å². The second-order valence-electron chi connectivity index (χ2n) is 5.96. The molecular weight excluding hydrogens is 382 g/mol. The number of carbonyl (C=O) groups is 2. The lowest BCUT2D eigenvalue weighted by atomic mass is 10.0. The Morgan fingerprint density at radius 1 is 1.04 bits per heavy atom. The van der Waals surface area contributed by atoms with Gasteiger partial charge in [0.25, 0.3) is 0 Å². The number of carboxylic acids is 1. The summed E-state index contributed by atoms with van der Waals surface area (Å²) in [7, 11) is 0. The zero-order valence-corrected chi connectivity index (χ0v) is 15.2. The minimum absolute atomic E-state index is 0.00324. The van der Waals surface area contributed by atoms with Crippen molar-refractivity contribution < 1.29 is 14.7 Å². The summed E-state index contributed by atoms with van der Waals surface area (Å²) in [6, 6.07) is 13.8. The maximum absolute atomic E-state index is 12.8. The third-order valence-electron chi connectivity index (χ3n) is 4.19. The lowest BCUT2D eigenvalue weighted by molar-refractivity contribution is -0.137. The van der Waals surface area contributed by atoms with Gasteiger partial charge in [-0.25, -0.2) is 0 Å². The van der Waals surface area contributed by atoms with E-state index in [2.05, 4.69) is 22.0 Å². The predicted molar refractivity (Wildman–Crippen MR) is 102 cm³/mol. The van der Waals surface area contributed by atoms with E-state index in [0.29, 0.717) is 13.0 Å². The normalized spacial score (nSPS) is 14.0. The molecule has 1 aliphatic heterocycles. The van der Waals surface area contributed by atoms with Crippen molar-refractivity contribution >= 4 is 45.6 Å². The van der Waals surface area contributed by atoms with Crippen LogP contribution in [-0.4, -0.2) is 17.0 Å². The minimum atomic E-state index is -0.877. The molecule has 0 bridgehead atoms. The molecule has 0 atom stereocenters. The van der Waals surface area contributed by atoms with E-state index in [4.69, 9.17) is 5.11 Å². The fourth-order valence-corrected chi connectivity index (χ4v) is 3.34. The van der Waals surface area contributed by atoms with Crippen molar-refractivity contribution in [3.63, 3.8) is 0 Å². The maximum Gasteiger partial charge on any atom is 0.303 e. The molecule has 3 rings (SSSR count). The van der Waals surface area contributed by atoms with Gasteiger partial charge in [0.1, 0.15) is 0 Å². The van der Waals surface area contributed by atoms with Crippen LogP contribution in [0.2, 0.25) is 0 Å². The van der Waals surface area contributed by atoms with Crippen molar-refractivity contribution in [2.75, 3.05) is 4.90 Å². The van der Waals surface area contributed by atoms with E-state index in [1.54, 1.807) is 4.90 Å². The Morgan fingerprint density at radius 3 is 2.60 bits per heavy atom. The minimum Gasteiger partial charge on any atom is -0.481 e. The molecule has 0 aliphatic carbocycles. The zero-order chi connectivity index (χ0) is 17.8.